The Hall–Kier alpha value is -0.420. The maximum Gasteiger partial charge on any atom is 0.239 e. The number of rotatable bonds is 5. The van der Waals surface area contributed by atoms with Crippen LogP contribution in [0.25, 0.3) is 0 Å². The third-order valence-corrected chi connectivity index (χ3v) is 4.07. The number of hydrogen-bond donors (Lipinski definition) is 1. The minimum Gasteiger partial charge on any atom is -0.340 e. The van der Waals surface area contributed by atoms with Crippen molar-refractivity contribution in [3.05, 3.63) is 0 Å². The van der Waals surface area contributed by atoms with Gasteiger partial charge >= 0.3 is 0 Å². The molecule has 3 atom stereocenters. The zero-order valence-electron chi connectivity index (χ0n) is 9.66. The number of carbonyl (C=O) groups excluding carboxylic acids is 1. The molecule has 0 bridgehead atoms. The van der Waals surface area contributed by atoms with Gasteiger partial charge in [0.05, 0.1) is 6.04 Å². The lowest BCUT2D eigenvalue weighted by molar-refractivity contribution is -0.129. The molecule has 15 heavy (non-hydrogen) atoms. The third kappa shape index (κ3) is 3.28. The first-order valence-corrected chi connectivity index (χ1v) is 7.02. The average molecular weight is 232 g/mol. The Morgan fingerprint density at radius 2 is 2.33 bits per heavy atom. The van der Waals surface area contributed by atoms with Gasteiger partial charge in [-0.3, -0.25) is 9.00 Å². The minimum atomic E-state index is -0.851. The second-order valence-electron chi connectivity index (χ2n) is 3.99. The van der Waals surface area contributed by atoms with Crippen molar-refractivity contribution in [1.82, 2.24) is 10.2 Å². The van der Waals surface area contributed by atoms with Crippen LogP contribution in [0.2, 0.25) is 0 Å². The van der Waals surface area contributed by atoms with Crippen LogP contribution >= 0.6 is 0 Å². The molecule has 4 nitrogen and oxygen atoms in total. The number of amides is 1. The number of nitrogens with one attached hydrogen (secondary N) is 1. The van der Waals surface area contributed by atoms with E-state index in [2.05, 4.69) is 5.32 Å². The van der Waals surface area contributed by atoms with E-state index < -0.39 is 10.8 Å². The summed E-state index contributed by atoms with van der Waals surface area (Å²) in [5, 5.41) is 3.22. The molecule has 1 aliphatic rings. The first-order valence-electron chi connectivity index (χ1n) is 5.40. The van der Waals surface area contributed by atoms with Crippen LogP contribution in [0, 0.1) is 0 Å². The second-order valence-corrected chi connectivity index (χ2v) is 5.79. The molecule has 0 radical (unpaired) electrons. The molecule has 1 rings (SSSR count). The number of likely N-dealkylation sites (N-methyl/N-ethyl adjacent to an activating group) is 1. The van der Waals surface area contributed by atoms with Gasteiger partial charge in [-0.1, -0.05) is 6.92 Å². The molecule has 1 N–H and O–H groups in total. The van der Waals surface area contributed by atoms with Crippen LogP contribution in [0.5, 0.6) is 0 Å². The van der Waals surface area contributed by atoms with E-state index in [9.17, 15) is 9.00 Å². The van der Waals surface area contributed by atoms with Gasteiger partial charge in [-0.2, -0.15) is 0 Å². The summed E-state index contributed by atoms with van der Waals surface area (Å²) < 4.78 is 11.2. The lowest BCUT2D eigenvalue weighted by atomic mass is 10.2. The predicted octanol–water partition coefficient (Wildman–Crippen LogP) is -0.0362. The Kier molecular flexibility index (Phi) is 4.73. The standard InChI is InChI=1S/C10H20N2O2S/c1-4-11-9-5-6-12(10(9)13)7-8(2)15(3)14/h8-9,11H,4-7H2,1-3H3. The first kappa shape index (κ1) is 12.6. The van der Waals surface area contributed by atoms with Gasteiger partial charge in [0, 0.05) is 35.4 Å². The van der Waals surface area contributed by atoms with Gasteiger partial charge in [0.2, 0.25) is 5.91 Å². The molecule has 0 aliphatic carbocycles. The minimum absolute atomic E-state index is 0.0208. The van der Waals surface area contributed by atoms with Gasteiger partial charge in [-0.05, 0) is 19.9 Å². The van der Waals surface area contributed by atoms with Crippen LogP contribution in [0.15, 0.2) is 0 Å². The largest absolute Gasteiger partial charge is 0.340 e. The topological polar surface area (TPSA) is 49.4 Å². The number of nitrogens with zero attached hydrogens (tertiary/aromatic N) is 1. The molecule has 3 unspecified atom stereocenters. The van der Waals surface area contributed by atoms with Crippen LogP contribution < -0.4 is 5.32 Å². The fourth-order valence-electron chi connectivity index (χ4n) is 1.77. The van der Waals surface area contributed by atoms with Gasteiger partial charge in [0.25, 0.3) is 0 Å². The molecule has 88 valence electrons. The third-order valence-electron chi connectivity index (χ3n) is 2.79. The van der Waals surface area contributed by atoms with Crippen molar-refractivity contribution in [1.29, 1.82) is 0 Å². The molecule has 1 heterocycles. The van der Waals surface area contributed by atoms with E-state index in [1.807, 2.05) is 18.7 Å². The van der Waals surface area contributed by atoms with E-state index in [0.717, 1.165) is 19.5 Å². The maximum absolute atomic E-state index is 11.8. The van der Waals surface area contributed by atoms with Gasteiger partial charge in [0.1, 0.15) is 0 Å². The van der Waals surface area contributed by atoms with E-state index in [4.69, 9.17) is 0 Å². The zero-order chi connectivity index (χ0) is 11.4. The van der Waals surface area contributed by atoms with Crippen molar-refractivity contribution in [3.8, 4) is 0 Å². The van der Waals surface area contributed by atoms with Gasteiger partial charge in [0.15, 0.2) is 0 Å². The van der Waals surface area contributed by atoms with Crippen molar-refractivity contribution in [3.63, 3.8) is 0 Å². The maximum atomic E-state index is 11.8. The summed E-state index contributed by atoms with van der Waals surface area (Å²) in [5.74, 6) is 0.161. The van der Waals surface area contributed by atoms with Gasteiger partial charge in [-0.15, -0.1) is 0 Å². The highest BCUT2D eigenvalue weighted by atomic mass is 32.2. The van der Waals surface area contributed by atoms with Crippen molar-refractivity contribution in [2.24, 2.45) is 0 Å². The lowest BCUT2D eigenvalue weighted by Crippen LogP contribution is -2.41. The summed E-state index contributed by atoms with van der Waals surface area (Å²) in [5.41, 5.74) is 0. The van der Waals surface area contributed by atoms with Crippen LogP contribution in [-0.4, -0.2) is 52.2 Å². The van der Waals surface area contributed by atoms with Crippen molar-refractivity contribution >= 4 is 16.7 Å². The summed E-state index contributed by atoms with van der Waals surface area (Å²) in [6, 6.07) is -0.0208. The van der Waals surface area contributed by atoms with E-state index in [-0.39, 0.29) is 17.2 Å². The highest BCUT2D eigenvalue weighted by Gasteiger charge is 2.31. The highest BCUT2D eigenvalue weighted by molar-refractivity contribution is 7.84. The Bertz CT molecular complexity index is 258. The van der Waals surface area contributed by atoms with Crippen LogP contribution in [-0.2, 0) is 15.6 Å². The van der Waals surface area contributed by atoms with Crippen LogP contribution in [0.1, 0.15) is 20.3 Å². The zero-order valence-corrected chi connectivity index (χ0v) is 10.5. The SMILES string of the molecule is CCNC1CCN(CC(C)S(C)=O)C1=O. The molecular weight excluding hydrogens is 212 g/mol. The average Bonchev–Trinajstić information content (AvgIpc) is 2.50. The molecule has 0 aromatic rings. The van der Waals surface area contributed by atoms with Gasteiger partial charge < -0.3 is 10.2 Å². The number of likely N-dealkylation sites (tertiary alicyclic amines) is 1. The molecule has 1 aliphatic heterocycles. The van der Waals surface area contributed by atoms with Crippen LogP contribution in [0.4, 0.5) is 0 Å². The summed E-state index contributed by atoms with van der Waals surface area (Å²) in [7, 11) is -0.851. The molecule has 0 saturated carbocycles. The number of hydrogen-bond acceptors (Lipinski definition) is 3. The van der Waals surface area contributed by atoms with Crippen molar-refractivity contribution in [2.45, 2.75) is 31.6 Å². The summed E-state index contributed by atoms with van der Waals surface area (Å²) in [6.45, 7) is 6.14. The van der Waals surface area contributed by atoms with E-state index in [1.54, 1.807) is 6.26 Å². The summed E-state index contributed by atoms with van der Waals surface area (Å²) >= 11 is 0. The Balaban J connectivity index is 2.45. The fourth-order valence-corrected chi connectivity index (χ4v) is 2.16. The van der Waals surface area contributed by atoms with Gasteiger partial charge in [-0.25, -0.2) is 0 Å². The Labute approximate surface area is 93.9 Å². The second kappa shape index (κ2) is 5.61. The summed E-state index contributed by atoms with van der Waals surface area (Å²) in [4.78, 5) is 13.6. The van der Waals surface area contributed by atoms with Crippen LogP contribution in [0.3, 0.4) is 0 Å². The van der Waals surface area contributed by atoms with Crippen molar-refractivity contribution in [2.75, 3.05) is 25.9 Å². The molecular formula is C10H20N2O2S. The first-order chi connectivity index (χ1) is 7.06. The molecule has 1 saturated heterocycles. The van der Waals surface area contributed by atoms with E-state index in [1.165, 1.54) is 0 Å². The summed E-state index contributed by atoms with van der Waals surface area (Å²) in [6.07, 6.45) is 2.56. The molecule has 0 aromatic carbocycles. The molecule has 5 heteroatoms. The highest BCUT2D eigenvalue weighted by Crippen LogP contribution is 2.12. The van der Waals surface area contributed by atoms with Crippen molar-refractivity contribution < 1.29 is 9.00 Å². The fraction of sp³-hybridized carbons (Fsp3) is 0.900. The molecule has 1 fully saturated rings. The smallest absolute Gasteiger partial charge is 0.239 e. The van der Waals surface area contributed by atoms with E-state index >= 15 is 0 Å². The molecule has 0 aromatic heterocycles. The lowest BCUT2D eigenvalue weighted by Gasteiger charge is -2.20. The predicted molar refractivity (Wildman–Crippen MR) is 62.2 cm³/mol. The van der Waals surface area contributed by atoms with E-state index in [0.29, 0.717) is 6.54 Å². The Morgan fingerprint density at radius 1 is 1.67 bits per heavy atom. The number of carbonyl (C=O) groups is 1. The molecule has 1 amide bonds. The molecule has 0 spiro atoms. The normalized spacial score (nSPS) is 25.7. The Morgan fingerprint density at radius 3 is 2.87 bits per heavy atom. The quantitative estimate of drug-likeness (QED) is 0.724. The monoisotopic (exact) mass is 232 g/mol.